The predicted octanol–water partition coefficient (Wildman–Crippen LogP) is 2.13. The summed E-state index contributed by atoms with van der Waals surface area (Å²) in [5, 5.41) is 2.91. The Labute approximate surface area is 126 Å². The zero-order valence-corrected chi connectivity index (χ0v) is 13.0. The fourth-order valence-electron chi connectivity index (χ4n) is 2.43. The van der Waals surface area contributed by atoms with Gasteiger partial charge in [0.1, 0.15) is 5.75 Å². The highest BCUT2D eigenvalue weighted by atomic mass is 16.5. The molecule has 1 fully saturated rings. The van der Waals surface area contributed by atoms with E-state index >= 15 is 0 Å². The van der Waals surface area contributed by atoms with Crippen LogP contribution in [0.25, 0.3) is 0 Å². The Balaban J connectivity index is 1.80. The Kier molecular flexibility index (Phi) is 5.59. The molecule has 2 rings (SSSR count). The minimum atomic E-state index is 0.00396. The SMILES string of the molecule is COC1CCN(CC(=O)Nc2ccc(OC(C)C)cc2)C1. The Bertz CT molecular complexity index is 459. The van der Waals surface area contributed by atoms with Crippen LogP contribution >= 0.6 is 0 Å². The summed E-state index contributed by atoms with van der Waals surface area (Å²) < 4.78 is 10.9. The molecule has 1 heterocycles. The van der Waals surface area contributed by atoms with Gasteiger partial charge in [-0.05, 0) is 44.5 Å². The summed E-state index contributed by atoms with van der Waals surface area (Å²) in [6.45, 7) is 6.11. The number of rotatable bonds is 6. The molecule has 21 heavy (non-hydrogen) atoms. The zero-order chi connectivity index (χ0) is 15.2. The van der Waals surface area contributed by atoms with E-state index in [-0.39, 0.29) is 18.1 Å². The normalized spacial score (nSPS) is 19.0. The number of carbonyl (C=O) groups is 1. The average Bonchev–Trinajstić information content (AvgIpc) is 2.88. The summed E-state index contributed by atoms with van der Waals surface area (Å²) in [5.74, 6) is 0.815. The van der Waals surface area contributed by atoms with Crippen LogP contribution in [-0.4, -0.2) is 49.8 Å². The minimum absolute atomic E-state index is 0.00396. The molecule has 1 saturated heterocycles. The van der Waals surface area contributed by atoms with Gasteiger partial charge >= 0.3 is 0 Å². The van der Waals surface area contributed by atoms with Crippen molar-refractivity contribution >= 4 is 11.6 Å². The largest absolute Gasteiger partial charge is 0.491 e. The Morgan fingerprint density at radius 1 is 1.38 bits per heavy atom. The van der Waals surface area contributed by atoms with Crippen molar-refractivity contribution in [2.75, 3.05) is 32.1 Å². The van der Waals surface area contributed by atoms with E-state index in [1.807, 2.05) is 38.1 Å². The Morgan fingerprint density at radius 3 is 2.67 bits per heavy atom. The highest BCUT2D eigenvalue weighted by Gasteiger charge is 2.23. The molecule has 0 bridgehead atoms. The standard InChI is InChI=1S/C16H24N2O3/c1-12(2)21-14-6-4-13(5-7-14)17-16(19)11-18-9-8-15(10-18)20-3/h4-7,12,15H,8-11H2,1-3H3,(H,17,19). The molecule has 1 aliphatic rings. The second-order valence-corrected chi connectivity index (χ2v) is 5.62. The summed E-state index contributed by atoms with van der Waals surface area (Å²) in [6.07, 6.45) is 1.39. The lowest BCUT2D eigenvalue weighted by Gasteiger charge is -2.15. The van der Waals surface area contributed by atoms with Crippen molar-refractivity contribution in [2.45, 2.75) is 32.5 Å². The van der Waals surface area contributed by atoms with E-state index in [0.717, 1.165) is 30.9 Å². The van der Waals surface area contributed by atoms with E-state index in [2.05, 4.69) is 10.2 Å². The molecule has 1 amide bonds. The first kappa shape index (κ1) is 15.8. The zero-order valence-electron chi connectivity index (χ0n) is 13.0. The molecule has 1 atom stereocenters. The van der Waals surface area contributed by atoms with Gasteiger partial charge in [-0.3, -0.25) is 9.69 Å². The molecule has 1 N–H and O–H groups in total. The number of nitrogens with one attached hydrogen (secondary N) is 1. The number of amides is 1. The Morgan fingerprint density at radius 2 is 2.10 bits per heavy atom. The summed E-state index contributed by atoms with van der Waals surface area (Å²) in [7, 11) is 1.72. The third-order valence-electron chi connectivity index (χ3n) is 3.44. The summed E-state index contributed by atoms with van der Waals surface area (Å²) >= 11 is 0. The number of anilines is 1. The van der Waals surface area contributed by atoms with Gasteiger partial charge in [0.25, 0.3) is 0 Å². The lowest BCUT2D eigenvalue weighted by Crippen LogP contribution is -2.32. The first-order chi connectivity index (χ1) is 10.1. The van der Waals surface area contributed by atoms with Crippen molar-refractivity contribution in [2.24, 2.45) is 0 Å². The molecular formula is C16H24N2O3. The fourth-order valence-corrected chi connectivity index (χ4v) is 2.43. The third kappa shape index (κ3) is 5.02. The molecule has 116 valence electrons. The van der Waals surface area contributed by atoms with Crippen molar-refractivity contribution in [3.8, 4) is 5.75 Å². The van der Waals surface area contributed by atoms with Gasteiger partial charge in [0, 0.05) is 25.9 Å². The smallest absolute Gasteiger partial charge is 0.238 e. The van der Waals surface area contributed by atoms with Gasteiger partial charge in [0.2, 0.25) is 5.91 Å². The topological polar surface area (TPSA) is 50.8 Å². The molecule has 0 aliphatic carbocycles. The number of benzene rings is 1. The van der Waals surface area contributed by atoms with Crippen molar-refractivity contribution in [3.63, 3.8) is 0 Å². The van der Waals surface area contributed by atoms with Crippen LogP contribution in [0.5, 0.6) is 5.75 Å². The van der Waals surface area contributed by atoms with E-state index in [0.29, 0.717) is 6.54 Å². The van der Waals surface area contributed by atoms with Crippen molar-refractivity contribution in [1.29, 1.82) is 0 Å². The first-order valence-corrected chi connectivity index (χ1v) is 7.38. The molecule has 5 heteroatoms. The van der Waals surface area contributed by atoms with Crippen LogP contribution in [0.4, 0.5) is 5.69 Å². The van der Waals surface area contributed by atoms with Crippen LogP contribution in [0, 0.1) is 0 Å². The van der Waals surface area contributed by atoms with Gasteiger partial charge in [0.05, 0.1) is 18.8 Å². The van der Waals surface area contributed by atoms with Crippen molar-refractivity contribution in [3.05, 3.63) is 24.3 Å². The van der Waals surface area contributed by atoms with Crippen LogP contribution in [0.3, 0.4) is 0 Å². The van der Waals surface area contributed by atoms with E-state index in [1.54, 1.807) is 7.11 Å². The molecular weight excluding hydrogens is 268 g/mol. The summed E-state index contributed by atoms with van der Waals surface area (Å²) in [5.41, 5.74) is 0.790. The Hall–Kier alpha value is -1.59. The number of methoxy groups -OCH3 is 1. The molecule has 1 aromatic rings. The monoisotopic (exact) mass is 292 g/mol. The quantitative estimate of drug-likeness (QED) is 0.872. The van der Waals surface area contributed by atoms with Gasteiger partial charge in [-0.1, -0.05) is 0 Å². The highest BCUT2D eigenvalue weighted by molar-refractivity contribution is 5.92. The highest BCUT2D eigenvalue weighted by Crippen LogP contribution is 2.17. The van der Waals surface area contributed by atoms with E-state index in [9.17, 15) is 4.79 Å². The van der Waals surface area contributed by atoms with Gasteiger partial charge in [0.15, 0.2) is 0 Å². The molecule has 5 nitrogen and oxygen atoms in total. The molecule has 1 aliphatic heterocycles. The van der Waals surface area contributed by atoms with Crippen LogP contribution in [0.15, 0.2) is 24.3 Å². The minimum Gasteiger partial charge on any atom is -0.491 e. The lowest BCUT2D eigenvalue weighted by molar-refractivity contribution is -0.117. The van der Waals surface area contributed by atoms with Crippen LogP contribution in [-0.2, 0) is 9.53 Å². The number of carbonyl (C=O) groups excluding carboxylic acids is 1. The second kappa shape index (κ2) is 7.43. The lowest BCUT2D eigenvalue weighted by atomic mass is 10.3. The van der Waals surface area contributed by atoms with E-state index < -0.39 is 0 Å². The van der Waals surface area contributed by atoms with Gasteiger partial charge < -0.3 is 14.8 Å². The fraction of sp³-hybridized carbons (Fsp3) is 0.562. The third-order valence-corrected chi connectivity index (χ3v) is 3.44. The van der Waals surface area contributed by atoms with E-state index in [4.69, 9.17) is 9.47 Å². The molecule has 0 spiro atoms. The number of hydrogen-bond acceptors (Lipinski definition) is 4. The number of likely N-dealkylation sites (tertiary alicyclic amines) is 1. The molecule has 1 unspecified atom stereocenters. The van der Waals surface area contributed by atoms with Gasteiger partial charge in [-0.25, -0.2) is 0 Å². The number of nitrogens with zero attached hydrogens (tertiary/aromatic N) is 1. The summed E-state index contributed by atoms with van der Waals surface area (Å²) in [4.78, 5) is 14.1. The maximum Gasteiger partial charge on any atom is 0.238 e. The maximum atomic E-state index is 12.0. The number of hydrogen-bond donors (Lipinski definition) is 1. The van der Waals surface area contributed by atoms with Crippen LogP contribution < -0.4 is 10.1 Å². The molecule has 0 radical (unpaired) electrons. The van der Waals surface area contributed by atoms with Crippen molar-refractivity contribution < 1.29 is 14.3 Å². The number of ether oxygens (including phenoxy) is 2. The van der Waals surface area contributed by atoms with Crippen LogP contribution in [0.2, 0.25) is 0 Å². The molecule has 1 aromatic carbocycles. The molecule has 0 saturated carbocycles. The summed E-state index contributed by atoms with van der Waals surface area (Å²) in [6, 6.07) is 7.45. The van der Waals surface area contributed by atoms with Crippen molar-refractivity contribution in [1.82, 2.24) is 4.90 Å². The second-order valence-electron chi connectivity index (χ2n) is 5.62. The average molecular weight is 292 g/mol. The van der Waals surface area contributed by atoms with Gasteiger partial charge in [-0.15, -0.1) is 0 Å². The molecule has 0 aromatic heterocycles. The van der Waals surface area contributed by atoms with Gasteiger partial charge in [-0.2, -0.15) is 0 Å². The maximum absolute atomic E-state index is 12.0. The first-order valence-electron chi connectivity index (χ1n) is 7.38. The van der Waals surface area contributed by atoms with Crippen LogP contribution in [0.1, 0.15) is 20.3 Å². The van der Waals surface area contributed by atoms with E-state index in [1.165, 1.54) is 0 Å². The predicted molar refractivity (Wildman–Crippen MR) is 82.7 cm³/mol.